The molecule has 0 fully saturated rings. The van der Waals surface area contributed by atoms with Crippen LogP contribution in [0, 0.1) is 12.7 Å². The van der Waals surface area contributed by atoms with E-state index in [1.165, 1.54) is 30.3 Å². The fraction of sp³-hybridized carbons (Fsp3) is 0.0714. The van der Waals surface area contributed by atoms with Crippen LogP contribution in [-0.4, -0.2) is 11.1 Å². The van der Waals surface area contributed by atoms with Crippen molar-refractivity contribution in [3.8, 4) is 11.5 Å². The van der Waals surface area contributed by atoms with Gasteiger partial charge >= 0.3 is 5.97 Å². The number of hydrogen-bond acceptors (Lipinski definition) is 2. The Morgan fingerprint density at radius 1 is 1.26 bits per heavy atom. The van der Waals surface area contributed by atoms with E-state index in [0.29, 0.717) is 0 Å². The van der Waals surface area contributed by atoms with E-state index in [1.54, 1.807) is 13.0 Å². The van der Waals surface area contributed by atoms with Gasteiger partial charge in [0.15, 0.2) is 11.6 Å². The topological polar surface area (TPSA) is 46.5 Å². The maximum atomic E-state index is 13.6. The van der Waals surface area contributed by atoms with Crippen LogP contribution in [0.15, 0.2) is 36.4 Å². The minimum absolute atomic E-state index is 0.00417. The molecular weight excluding hydrogens is 271 g/mol. The highest BCUT2D eigenvalue weighted by atomic mass is 35.5. The van der Waals surface area contributed by atoms with Gasteiger partial charge < -0.3 is 9.84 Å². The largest absolute Gasteiger partial charge is 0.478 e. The zero-order valence-corrected chi connectivity index (χ0v) is 10.7. The second-order valence-corrected chi connectivity index (χ2v) is 4.36. The van der Waals surface area contributed by atoms with Crippen molar-refractivity contribution in [3.63, 3.8) is 0 Å². The van der Waals surface area contributed by atoms with Crippen molar-refractivity contribution in [1.29, 1.82) is 0 Å². The molecule has 2 aromatic rings. The lowest BCUT2D eigenvalue weighted by Crippen LogP contribution is -2.01. The van der Waals surface area contributed by atoms with E-state index in [0.717, 1.165) is 5.56 Å². The van der Waals surface area contributed by atoms with Crippen molar-refractivity contribution in [2.45, 2.75) is 6.92 Å². The minimum Gasteiger partial charge on any atom is -0.478 e. The monoisotopic (exact) mass is 280 g/mol. The molecule has 0 heterocycles. The summed E-state index contributed by atoms with van der Waals surface area (Å²) >= 11 is 5.81. The Kier molecular flexibility index (Phi) is 3.71. The van der Waals surface area contributed by atoms with Crippen LogP contribution in [0.5, 0.6) is 11.5 Å². The molecule has 5 heteroatoms. The van der Waals surface area contributed by atoms with E-state index >= 15 is 0 Å². The van der Waals surface area contributed by atoms with Crippen LogP contribution in [0.25, 0.3) is 0 Å². The van der Waals surface area contributed by atoms with Gasteiger partial charge in [-0.25, -0.2) is 9.18 Å². The molecule has 1 N–H and O–H groups in total. The lowest BCUT2D eigenvalue weighted by Gasteiger charge is -2.11. The van der Waals surface area contributed by atoms with Gasteiger partial charge in [-0.05, 0) is 36.8 Å². The predicted molar refractivity (Wildman–Crippen MR) is 69.6 cm³/mol. The quantitative estimate of drug-likeness (QED) is 0.913. The maximum absolute atomic E-state index is 13.6. The average molecular weight is 281 g/mol. The third-order valence-electron chi connectivity index (χ3n) is 2.50. The summed E-state index contributed by atoms with van der Waals surface area (Å²) in [4.78, 5) is 11.1. The average Bonchev–Trinajstić information content (AvgIpc) is 2.33. The molecule has 0 amide bonds. The summed E-state index contributed by atoms with van der Waals surface area (Å²) in [6.07, 6.45) is 0. The second-order valence-electron chi connectivity index (χ2n) is 3.95. The van der Waals surface area contributed by atoms with Crippen molar-refractivity contribution in [2.24, 2.45) is 0 Å². The van der Waals surface area contributed by atoms with Crippen molar-refractivity contribution in [1.82, 2.24) is 0 Å². The van der Waals surface area contributed by atoms with Crippen LogP contribution >= 0.6 is 11.6 Å². The highest BCUT2D eigenvalue weighted by Gasteiger charge is 2.17. The molecule has 0 aliphatic heterocycles. The van der Waals surface area contributed by atoms with Gasteiger partial charge in [0.1, 0.15) is 11.3 Å². The number of hydrogen-bond donors (Lipinski definition) is 1. The first-order valence-corrected chi connectivity index (χ1v) is 5.82. The Labute approximate surface area is 114 Å². The molecule has 0 saturated carbocycles. The minimum atomic E-state index is -1.23. The van der Waals surface area contributed by atoms with Gasteiger partial charge in [0, 0.05) is 0 Å². The summed E-state index contributed by atoms with van der Waals surface area (Å²) < 4.78 is 18.9. The van der Waals surface area contributed by atoms with Gasteiger partial charge in [-0.1, -0.05) is 23.7 Å². The van der Waals surface area contributed by atoms with Gasteiger partial charge in [0.05, 0.1) is 5.02 Å². The molecule has 2 rings (SSSR count). The van der Waals surface area contributed by atoms with Gasteiger partial charge in [-0.15, -0.1) is 0 Å². The number of carboxylic acid groups (broad SMARTS) is 1. The van der Waals surface area contributed by atoms with E-state index in [2.05, 4.69) is 0 Å². The van der Waals surface area contributed by atoms with Gasteiger partial charge in [-0.2, -0.15) is 0 Å². The van der Waals surface area contributed by atoms with Crippen LogP contribution < -0.4 is 4.74 Å². The van der Waals surface area contributed by atoms with Crippen molar-refractivity contribution >= 4 is 17.6 Å². The molecule has 0 aromatic heterocycles. The van der Waals surface area contributed by atoms with Crippen LogP contribution in [0.2, 0.25) is 5.02 Å². The molecule has 2 aromatic carbocycles. The Bertz CT molecular complexity index is 641. The molecule has 0 aliphatic rings. The van der Waals surface area contributed by atoms with Gasteiger partial charge in [0.25, 0.3) is 0 Å². The zero-order valence-electron chi connectivity index (χ0n) is 9.98. The smallest absolute Gasteiger partial charge is 0.341 e. The zero-order chi connectivity index (χ0) is 14.0. The highest BCUT2D eigenvalue weighted by Crippen LogP contribution is 2.32. The first-order valence-electron chi connectivity index (χ1n) is 5.45. The SMILES string of the molecule is Cc1ccc(F)c(Oc2cccc(Cl)c2C(=O)O)c1. The fourth-order valence-corrected chi connectivity index (χ4v) is 1.85. The highest BCUT2D eigenvalue weighted by molar-refractivity contribution is 6.33. The first-order chi connectivity index (χ1) is 8.99. The molecule has 0 atom stereocenters. The number of aromatic carboxylic acids is 1. The van der Waals surface area contributed by atoms with Crippen molar-refractivity contribution < 1.29 is 19.0 Å². The van der Waals surface area contributed by atoms with Crippen LogP contribution in [0.1, 0.15) is 15.9 Å². The predicted octanol–water partition coefficient (Wildman–Crippen LogP) is 4.28. The molecule has 0 spiro atoms. The number of carbonyl (C=O) groups is 1. The summed E-state index contributed by atoms with van der Waals surface area (Å²) in [5.74, 6) is -1.83. The Morgan fingerprint density at radius 2 is 2.00 bits per heavy atom. The van der Waals surface area contributed by atoms with Crippen LogP contribution in [0.4, 0.5) is 4.39 Å². The summed E-state index contributed by atoms with van der Waals surface area (Å²) in [5, 5.41) is 9.13. The Morgan fingerprint density at radius 3 is 2.68 bits per heavy atom. The second kappa shape index (κ2) is 5.28. The normalized spacial score (nSPS) is 10.3. The van der Waals surface area contributed by atoms with E-state index in [-0.39, 0.29) is 22.1 Å². The molecule has 0 saturated heterocycles. The molecule has 0 unspecified atom stereocenters. The molecule has 3 nitrogen and oxygen atoms in total. The van der Waals surface area contributed by atoms with Crippen LogP contribution in [-0.2, 0) is 0 Å². The third kappa shape index (κ3) is 2.85. The lowest BCUT2D eigenvalue weighted by atomic mass is 10.2. The molecule has 98 valence electrons. The number of benzene rings is 2. The molecular formula is C14H10ClFO3. The number of aryl methyl sites for hydroxylation is 1. The van der Waals surface area contributed by atoms with Crippen molar-refractivity contribution in [2.75, 3.05) is 0 Å². The lowest BCUT2D eigenvalue weighted by molar-refractivity contribution is 0.0694. The molecule has 0 radical (unpaired) electrons. The maximum Gasteiger partial charge on any atom is 0.341 e. The fourth-order valence-electron chi connectivity index (χ4n) is 1.60. The van der Waals surface area contributed by atoms with Crippen molar-refractivity contribution in [3.05, 3.63) is 58.4 Å². The number of ether oxygens (including phenoxy) is 1. The standard InChI is InChI=1S/C14H10ClFO3/c1-8-5-6-10(16)12(7-8)19-11-4-2-3-9(15)13(11)14(17)18/h2-7H,1H3,(H,17,18). The number of halogens is 2. The summed E-state index contributed by atoms with van der Waals surface area (Å²) in [7, 11) is 0. The number of rotatable bonds is 3. The molecule has 19 heavy (non-hydrogen) atoms. The van der Waals surface area contributed by atoms with E-state index in [1.807, 2.05) is 0 Å². The number of carboxylic acids is 1. The van der Waals surface area contributed by atoms with Crippen LogP contribution in [0.3, 0.4) is 0 Å². The molecule has 0 aliphatic carbocycles. The Hall–Kier alpha value is -2.07. The summed E-state index contributed by atoms with van der Waals surface area (Å²) in [5.41, 5.74) is 0.611. The van der Waals surface area contributed by atoms with Gasteiger partial charge in [0.2, 0.25) is 0 Å². The van der Waals surface area contributed by atoms with E-state index in [4.69, 9.17) is 21.4 Å². The molecule has 0 bridgehead atoms. The Balaban J connectivity index is 2.46. The summed E-state index contributed by atoms with van der Waals surface area (Å²) in [6, 6.07) is 8.75. The van der Waals surface area contributed by atoms with Gasteiger partial charge in [-0.3, -0.25) is 0 Å². The summed E-state index contributed by atoms with van der Waals surface area (Å²) in [6.45, 7) is 1.78. The van der Waals surface area contributed by atoms with E-state index in [9.17, 15) is 9.18 Å². The third-order valence-corrected chi connectivity index (χ3v) is 2.81. The van der Waals surface area contributed by atoms with E-state index < -0.39 is 11.8 Å². The first kappa shape index (κ1) is 13.4.